The number of aryl methyl sites for hydroxylation is 1. The number of nitrogens with one attached hydrogen (secondary N) is 1. The van der Waals surface area contributed by atoms with E-state index in [4.69, 9.17) is 11.6 Å². The van der Waals surface area contributed by atoms with Crippen LogP contribution in [-0.4, -0.2) is 32.9 Å². The second-order valence-corrected chi connectivity index (χ2v) is 8.04. The third kappa shape index (κ3) is 4.38. The fraction of sp³-hybridized carbons (Fsp3) is 0.364. The van der Waals surface area contributed by atoms with Crippen molar-refractivity contribution in [2.24, 2.45) is 0 Å². The maximum Gasteiger partial charge on any atom is 0.280 e. The molecule has 0 bridgehead atoms. The van der Waals surface area contributed by atoms with Crippen LogP contribution in [-0.2, 0) is 11.3 Å². The van der Waals surface area contributed by atoms with E-state index in [2.05, 4.69) is 15.3 Å². The predicted molar refractivity (Wildman–Crippen MR) is 114 cm³/mol. The number of carbonyl (C=O) groups is 1. The van der Waals surface area contributed by atoms with E-state index in [1.54, 1.807) is 6.07 Å². The van der Waals surface area contributed by atoms with Crippen molar-refractivity contribution in [1.29, 1.82) is 0 Å². The summed E-state index contributed by atoms with van der Waals surface area (Å²) in [6.45, 7) is 2.86. The number of piperidine rings is 1. The van der Waals surface area contributed by atoms with Crippen LogP contribution in [0.3, 0.4) is 0 Å². The van der Waals surface area contributed by atoms with Crippen molar-refractivity contribution in [3.8, 4) is 11.3 Å². The first-order chi connectivity index (χ1) is 14.0. The Morgan fingerprint density at radius 3 is 2.90 bits per heavy atom. The van der Waals surface area contributed by atoms with Crippen molar-refractivity contribution in [1.82, 2.24) is 19.9 Å². The molecule has 4 rings (SSSR count). The van der Waals surface area contributed by atoms with Gasteiger partial charge in [-0.25, -0.2) is 9.97 Å². The molecule has 1 fully saturated rings. The molecule has 1 aromatic carbocycles. The number of ketones is 1. The summed E-state index contributed by atoms with van der Waals surface area (Å²) < 4.78 is 1.36. The monoisotopic (exact) mass is 410 g/mol. The lowest BCUT2D eigenvalue weighted by Gasteiger charge is -2.22. The number of halogens is 1. The lowest BCUT2D eigenvalue weighted by atomic mass is 10.00. The zero-order chi connectivity index (χ0) is 20.4. The van der Waals surface area contributed by atoms with E-state index in [0.717, 1.165) is 36.9 Å². The number of hydrogen-bond donors (Lipinski definition) is 1. The van der Waals surface area contributed by atoms with Gasteiger partial charge >= 0.3 is 0 Å². The molecular formula is C22H23ClN4O2. The van der Waals surface area contributed by atoms with Crippen LogP contribution in [0.2, 0.25) is 5.02 Å². The van der Waals surface area contributed by atoms with Gasteiger partial charge in [-0.3, -0.25) is 14.2 Å². The van der Waals surface area contributed by atoms with E-state index in [1.165, 1.54) is 10.9 Å². The van der Waals surface area contributed by atoms with Crippen molar-refractivity contribution in [2.75, 3.05) is 6.54 Å². The minimum Gasteiger partial charge on any atom is -0.314 e. The van der Waals surface area contributed by atoms with Crippen molar-refractivity contribution < 1.29 is 4.79 Å². The highest BCUT2D eigenvalue weighted by atomic mass is 35.5. The molecule has 29 heavy (non-hydrogen) atoms. The number of aromatic nitrogens is 3. The molecule has 3 aromatic rings. The molecule has 0 amide bonds. The summed E-state index contributed by atoms with van der Waals surface area (Å²) in [5.74, 6) is 0.0235. The average molecular weight is 411 g/mol. The molecule has 1 saturated heterocycles. The van der Waals surface area contributed by atoms with E-state index in [-0.39, 0.29) is 29.4 Å². The van der Waals surface area contributed by atoms with Gasteiger partial charge in [-0.05, 0) is 50.1 Å². The lowest BCUT2D eigenvalue weighted by Crippen LogP contribution is -2.37. The fourth-order valence-electron chi connectivity index (χ4n) is 3.83. The third-order valence-electron chi connectivity index (χ3n) is 5.33. The molecule has 1 aliphatic rings. The molecule has 1 N–H and O–H groups in total. The summed E-state index contributed by atoms with van der Waals surface area (Å²) in [6, 6.07) is 9.44. The molecule has 2 aromatic heterocycles. The molecule has 0 spiro atoms. The zero-order valence-corrected chi connectivity index (χ0v) is 17.1. The van der Waals surface area contributed by atoms with Crippen molar-refractivity contribution >= 4 is 28.4 Å². The normalized spacial score (nSPS) is 16.8. The smallest absolute Gasteiger partial charge is 0.280 e. The van der Waals surface area contributed by atoms with E-state index < -0.39 is 0 Å². The summed E-state index contributed by atoms with van der Waals surface area (Å²) in [7, 11) is 0. The standard InChI is InChI=1S/C22H23ClN4O2/c1-14-9-19(15-5-4-6-16(23)10-15)26-21-20(14)25-13-27(22(21)29)12-18(28)11-17-7-2-3-8-24-17/h4-6,9-10,13,17,24H,2-3,7-8,11-12H2,1H3/t17-/m0/s1. The highest BCUT2D eigenvalue weighted by molar-refractivity contribution is 6.30. The van der Waals surface area contributed by atoms with Crippen molar-refractivity contribution in [2.45, 2.75) is 45.2 Å². The molecule has 1 aliphatic heterocycles. The first-order valence-corrected chi connectivity index (χ1v) is 10.3. The second kappa shape index (κ2) is 8.43. The Labute approximate surface area is 173 Å². The van der Waals surface area contributed by atoms with Gasteiger partial charge in [0.15, 0.2) is 11.3 Å². The maximum atomic E-state index is 13.0. The van der Waals surface area contributed by atoms with Crippen LogP contribution in [0.25, 0.3) is 22.3 Å². The minimum absolute atomic E-state index is 0.0159. The van der Waals surface area contributed by atoms with Crippen LogP contribution in [0.5, 0.6) is 0 Å². The van der Waals surface area contributed by atoms with Crippen molar-refractivity contribution in [3.05, 3.63) is 57.6 Å². The topological polar surface area (TPSA) is 76.9 Å². The number of carbonyl (C=O) groups excluding carboxylic acids is 1. The van der Waals surface area contributed by atoms with Gasteiger partial charge in [0, 0.05) is 23.0 Å². The van der Waals surface area contributed by atoms with E-state index in [9.17, 15) is 9.59 Å². The van der Waals surface area contributed by atoms with Gasteiger partial charge in [-0.1, -0.05) is 30.2 Å². The predicted octanol–water partition coefficient (Wildman–Crippen LogP) is 3.52. The summed E-state index contributed by atoms with van der Waals surface area (Å²) in [5.41, 5.74) is 2.87. The highest BCUT2D eigenvalue weighted by Gasteiger charge is 2.18. The number of Topliss-reactive ketones (excluding diaryl/α,β-unsaturated/α-hetero) is 1. The lowest BCUT2D eigenvalue weighted by molar-refractivity contribution is -0.120. The molecule has 7 heteroatoms. The van der Waals surface area contributed by atoms with E-state index in [1.807, 2.05) is 31.2 Å². The van der Waals surface area contributed by atoms with E-state index in [0.29, 0.717) is 22.7 Å². The van der Waals surface area contributed by atoms with Gasteiger partial charge < -0.3 is 5.32 Å². The number of benzene rings is 1. The summed E-state index contributed by atoms with van der Waals surface area (Å²) in [5, 5.41) is 3.97. The van der Waals surface area contributed by atoms with Gasteiger partial charge in [0.2, 0.25) is 0 Å². The minimum atomic E-state index is -0.299. The zero-order valence-electron chi connectivity index (χ0n) is 16.3. The number of pyridine rings is 1. The van der Waals surface area contributed by atoms with Crippen LogP contribution in [0.1, 0.15) is 31.2 Å². The van der Waals surface area contributed by atoms with Gasteiger partial charge in [-0.15, -0.1) is 0 Å². The number of fused-ring (bicyclic) bond motifs is 1. The molecular weight excluding hydrogens is 388 g/mol. The van der Waals surface area contributed by atoms with Gasteiger partial charge in [0.05, 0.1) is 24.1 Å². The SMILES string of the molecule is Cc1cc(-c2cccc(Cl)c2)nc2c(=O)n(CC(=O)C[C@@H]3CCCCN3)cnc12. The fourth-order valence-corrected chi connectivity index (χ4v) is 4.02. The summed E-state index contributed by atoms with van der Waals surface area (Å²) in [4.78, 5) is 34.5. The Morgan fingerprint density at radius 1 is 1.28 bits per heavy atom. The molecule has 0 saturated carbocycles. The van der Waals surface area contributed by atoms with Gasteiger partial charge in [-0.2, -0.15) is 0 Å². The van der Waals surface area contributed by atoms with Crippen LogP contribution < -0.4 is 10.9 Å². The highest BCUT2D eigenvalue weighted by Crippen LogP contribution is 2.24. The van der Waals surface area contributed by atoms with E-state index >= 15 is 0 Å². The Bertz CT molecular complexity index is 1120. The van der Waals surface area contributed by atoms with Crippen LogP contribution >= 0.6 is 11.6 Å². The van der Waals surface area contributed by atoms with Gasteiger partial charge in [0.1, 0.15) is 0 Å². The molecule has 0 aliphatic carbocycles. The molecule has 1 atom stereocenters. The Kier molecular flexibility index (Phi) is 5.74. The first kappa shape index (κ1) is 19.7. The summed E-state index contributed by atoms with van der Waals surface area (Å²) in [6.07, 6.45) is 5.17. The molecule has 6 nitrogen and oxygen atoms in total. The van der Waals surface area contributed by atoms with Crippen LogP contribution in [0, 0.1) is 6.92 Å². The molecule has 0 radical (unpaired) electrons. The van der Waals surface area contributed by atoms with Crippen LogP contribution in [0.15, 0.2) is 41.5 Å². The second-order valence-electron chi connectivity index (χ2n) is 7.60. The molecule has 150 valence electrons. The van der Waals surface area contributed by atoms with Crippen LogP contribution in [0.4, 0.5) is 0 Å². The largest absolute Gasteiger partial charge is 0.314 e. The Hall–Kier alpha value is -2.57. The quantitative estimate of drug-likeness (QED) is 0.696. The molecule has 3 heterocycles. The number of hydrogen-bond acceptors (Lipinski definition) is 5. The maximum absolute atomic E-state index is 13.0. The average Bonchev–Trinajstić information content (AvgIpc) is 2.71. The summed E-state index contributed by atoms with van der Waals surface area (Å²) >= 11 is 6.10. The van der Waals surface area contributed by atoms with Crippen molar-refractivity contribution in [3.63, 3.8) is 0 Å². The molecule has 0 unspecified atom stereocenters. The third-order valence-corrected chi connectivity index (χ3v) is 5.56. The Balaban J connectivity index is 1.65. The number of rotatable bonds is 5. The first-order valence-electron chi connectivity index (χ1n) is 9.89. The van der Waals surface area contributed by atoms with Gasteiger partial charge in [0.25, 0.3) is 5.56 Å². The Morgan fingerprint density at radius 2 is 2.14 bits per heavy atom. The number of nitrogens with zero attached hydrogens (tertiary/aromatic N) is 3.